The fraction of sp³-hybridized carbons (Fsp3) is 0.667. The molecule has 7 nitrogen and oxygen atoms in total. The number of hydrogen-bond donors (Lipinski definition) is 2. The van der Waals surface area contributed by atoms with Crippen molar-refractivity contribution < 1.29 is 9.47 Å². The van der Waals surface area contributed by atoms with Crippen molar-refractivity contribution in [2.75, 3.05) is 78.8 Å². The van der Waals surface area contributed by atoms with Crippen molar-refractivity contribution in [2.24, 2.45) is 4.99 Å². The Kier molecular flexibility index (Phi) is 12.3. The fourth-order valence-electron chi connectivity index (χ4n) is 3.68. The molecular formula is C21H35ClIN5O2. The molecule has 2 heterocycles. The molecule has 0 bridgehead atoms. The van der Waals surface area contributed by atoms with Crippen LogP contribution in [0, 0.1) is 0 Å². The number of rotatable bonds is 8. The number of hydrogen-bond acceptors (Lipinski definition) is 5. The predicted octanol–water partition coefficient (Wildman–Crippen LogP) is 2.22. The summed E-state index contributed by atoms with van der Waals surface area (Å²) >= 11 is 6.10. The highest BCUT2D eigenvalue weighted by Gasteiger charge is 2.22. The molecule has 0 amide bonds. The molecule has 1 atom stereocenters. The first-order valence-corrected chi connectivity index (χ1v) is 11.0. The fourth-order valence-corrected chi connectivity index (χ4v) is 3.81. The zero-order chi connectivity index (χ0) is 20.3. The monoisotopic (exact) mass is 551 g/mol. The summed E-state index contributed by atoms with van der Waals surface area (Å²) in [7, 11) is 0. The second kappa shape index (κ2) is 14.4. The van der Waals surface area contributed by atoms with Crippen molar-refractivity contribution in [3.8, 4) is 0 Å². The van der Waals surface area contributed by atoms with E-state index in [-0.39, 0.29) is 30.0 Å². The Bertz CT molecular complexity index is 622. The SMILES string of the molecule is CCNC(=NCC(c1ccc(Cl)cc1)N1CCOCC1)NCCN1CCOCC1.I. The van der Waals surface area contributed by atoms with E-state index in [0.717, 1.165) is 83.2 Å². The molecule has 2 aliphatic rings. The number of benzene rings is 1. The molecule has 3 rings (SSSR count). The second-order valence-corrected chi connectivity index (χ2v) is 7.75. The van der Waals surface area contributed by atoms with Gasteiger partial charge in [-0.2, -0.15) is 0 Å². The molecule has 0 radical (unpaired) electrons. The molecule has 0 spiro atoms. The third-order valence-corrected chi connectivity index (χ3v) is 5.58. The predicted molar refractivity (Wildman–Crippen MR) is 133 cm³/mol. The third kappa shape index (κ3) is 8.47. The van der Waals surface area contributed by atoms with E-state index in [1.165, 1.54) is 5.56 Å². The van der Waals surface area contributed by atoms with E-state index in [4.69, 9.17) is 26.1 Å². The van der Waals surface area contributed by atoms with Crippen LogP contribution in [0.3, 0.4) is 0 Å². The Labute approximate surface area is 202 Å². The quantitative estimate of drug-likeness (QED) is 0.294. The molecule has 0 saturated carbocycles. The van der Waals surface area contributed by atoms with Gasteiger partial charge >= 0.3 is 0 Å². The first kappa shape index (κ1) is 25.6. The molecule has 9 heteroatoms. The number of morpholine rings is 2. The molecular weight excluding hydrogens is 517 g/mol. The number of guanidine groups is 1. The van der Waals surface area contributed by atoms with Gasteiger partial charge in [0.1, 0.15) is 0 Å². The largest absolute Gasteiger partial charge is 0.379 e. The average Bonchev–Trinajstić information content (AvgIpc) is 2.76. The van der Waals surface area contributed by atoms with Crippen LogP contribution in [0.15, 0.2) is 29.3 Å². The van der Waals surface area contributed by atoms with Gasteiger partial charge in [0, 0.05) is 50.8 Å². The minimum absolute atomic E-state index is 0. The van der Waals surface area contributed by atoms with Crippen molar-refractivity contribution in [2.45, 2.75) is 13.0 Å². The average molecular weight is 552 g/mol. The van der Waals surface area contributed by atoms with Gasteiger partial charge < -0.3 is 20.1 Å². The molecule has 2 fully saturated rings. The lowest BCUT2D eigenvalue weighted by Gasteiger charge is -2.34. The molecule has 2 N–H and O–H groups in total. The lowest BCUT2D eigenvalue weighted by atomic mass is 10.0. The highest BCUT2D eigenvalue weighted by molar-refractivity contribution is 14.0. The van der Waals surface area contributed by atoms with Gasteiger partial charge in [-0.15, -0.1) is 24.0 Å². The molecule has 2 saturated heterocycles. The van der Waals surface area contributed by atoms with Crippen LogP contribution < -0.4 is 10.6 Å². The lowest BCUT2D eigenvalue weighted by molar-refractivity contribution is 0.0179. The Balaban J connectivity index is 0.00000320. The summed E-state index contributed by atoms with van der Waals surface area (Å²) in [5.41, 5.74) is 1.24. The van der Waals surface area contributed by atoms with E-state index in [2.05, 4.69) is 39.5 Å². The molecule has 170 valence electrons. The van der Waals surface area contributed by atoms with Gasteiger partial charge in [-0.05, 0) is 24.6 Å². The first-order chi connectivity index (χ1) is 14.3. The molecule has 2 aliphatic heterocycles. The molecule has 1 aromatic carbocycles. The number of nitrogens with zero attached hydrogens (tertiary/aromatic N) is 3. The summed E-state index contributed by atoms with van der Waals surface area (Å²) in [5, 5.41) is 7.61. The van der Waals surface area contributed by atoms with E-state index in [1.807, 2.05) is 12.1 Å². The summed E-state index contributed by atoms with van der Waals surface area (Å²) in [4.78, 5) is 9.78. The van der Waals surface area contributed by atoms with Crippen LogP contribution in [0.4, 0.5) is 0 Å². The van der Waals surface area contributed by atoms with Crippen LogP contribution in [0.2, 0.25) is 5.02 Å². The van der Waals surface area contributed by atoms with E-state index in [9.17, 15) is 0 Å². The number of aliphatic imine (C=N–C) groups is 1. The van der Waals surface area contributed by atoms with E-state index in [0.29, 0.717) is 6.54 Å². The molecule has 0 aromatic heterocycles. The van der Waals surface area contributed by atoms with Gasteiger partial charge in [-0.3, -0.25) is 14.8 Å². The Morgan fingerprint density at radius 3 is 2.30 bits per heavy atom. The zero-order valence-corrected chi connectivity index (χ0v) is 20.9. The Morgan fingerprint density at radius 2 is 1.67 bits per heavy atom. The van der Waals surface area contributed by atoms with Crippen molar-refractivity contribution in [1.29, 1.82) is 0 Å². The molecule has 30 heavy (non-hydrogen) atoms. The summed E-state index contributed by atoms with van der Waals surface area (Å²) in [6.07, 6.45) is 0. The lowest BCUT2D eigenvalue weighted by Crippen LogP contribution is -2.45. The minimum Gasteiger partial charge on any atom is -0.379 e. The maximum Gasteiger partial charge on any atom is 0.191 e. The smallest absolute Gasteiger partial charge is 0.191 e. The highest BCUT2D eigenvalue weighted by atomic mass is 127. The standard InChI is InChI=1S/C21H34ClN5O2.HI/c1-2-23-21(24-7-8-26-9-13-28-14-10-26)25-17-20(27-11-15-29-16-12-27)18-3-5-19(22)6-4-18;/h3-6,20H,2,7-17H2,1H3,(H2,23,24,25);1H. The van der Waals surface area contributed by atoms with Crippen LogP contribution in [-0.4, -0.2) is 94.5 Å². The number of ether oxygens (including phenoxy) is 2. The number of nitrogens with one attached hydrogen (secondary N) is 2. The summed E-state index contributed by atoms with van der Waals surface area (Å²) in [5.74, 6) is 0.869. The topological polar surface area (TPSA) is 61.4 Å². The highest BCUT2D eigenvalue weighted by Crippen LogP contribution is 2.24. The molecule has 1 aromatic rings. The second-order valence-electron chi connectivity index (χ2n) is 7.32. The number of halogens is 2. The molecule has 0 aliphatic carbocycles. The van der Waals surface area contributed by atoms with Crippen LogP contribution in [-0.2, 0) is 9.47 Å². The van der Waals surface area contributed by atoms with Crippen LogP contribution in [0.1, 0.15) is 18.5 Å². The van der Waals surface area contributed by atoms with Gasteiger partial charge in [-0.25, -0.2) is 0 Å². The van der Waals surface area contributed by atoms with E-state index >= 15 is 0 Å². The molecule has 1 unspecified atom stereocenters. The van der Waals surface area contributed by atoms with Crippen molar-refractivity contribution >= 4 is 41.5 Å². The summed E-state index contributed by atoms with van der Waals surface area (Å²) in [6.45, 7) is 12.5. The van der Waals surface area contributed by atoms with Crippen LogP contribution in [0.5, 0.6) is 0 Å². The van der Waals surface area contributed by atoms with E-state index in [1.54, 1.807) is 0 Å². The van der Waals surface area contributed by atoms with Crippen molar-refractivity contribution in [3.05, 3.63) is 34.9 Å². The van der Waals surface area contributed by atoms with Crippen LogP contribution in [0.25, 0.3) is 0 Å². The maximum absolute atomic E-state index is 6.10. The van der Waals surface area contributed by atoms with Gasteiger partial charge in [0.15, 0.2) is 5.96 Å². The Morgan fingerprint density at radius 1 is 1.03 bits per heavy atom. The summed E-state index contributed by atoms with van der Waals surface area (Å²) < 4.78 is 11.0. The zero-order valence-electron chi connectivity index (χ0n) is 17.8. The minimum atomic E-state index is 0. The Hall–Kier alpha value is -0.650. The maximum atomic E-state index is 6.10. The van der Waals surface area contributed by atoms with Gasteiger partial charge in [0.25, 0.3) is 0 Å². The van der Waals surface area contributed by atoms with Gasteiger partial charge in [-0.1, -0.05) is 23.7 Å². The van der Waals surface area contributed by atoms with Crippen molar-refractivity contribution in [3.63, 3.8) is 0 Å². The van der Waals surface area contributed by atoms with Crippen LogP contribution >= 0.6 is 35.6 Å². The summed E-state index contributed by atoms with van der Waals surface area (Å²) in [6, 6.07) is 8.35. The van der Waals surface area contributed by atoms with Crippen molar-refractivity contribution in [1.82, 2.24) is 20.4 Å². The van der Waals surface area contributed by atoms with Gasteiger partial charge in [0.2, 0.25) is 0 Å². The van der Waals surface area contributed by atoms with Gasteiger partial charge in [0.05, 0.1) is 39.0 Å². The first-order valence-electron chi connectivity index (χ1n) is 10.7. The normalized spacial score (nSPS) is 19.7. The third-order valence-electron chi connectivity index (χ3n) is 5.33. The van der Waals surface area contributed by atoms with E-state index < -0.39 is 0 Å².